The van der Waals surface area contributed by atoms with Gasteiger partial charge in [0.1, 0.15) is 5.75 Å². The van der Waals surface area contributed by atoms with Crippen molar-refractivity contribution in [2.45, 2.75) is 19.2 Å². The Morgan fingerprint density at radius 2 is 1.68 bits per heavy atom. The monoisotopic (exact) mass is 352 g/mol. The van der Waals surface area contributed by atoms with Gasteiger partial charge in [-0.05, 0) is 43.3 Å². The zero-order valence-corrected chi connectivity index (χ0v) is 13.1. The Morgan fingerprint density at radius 3 is 2.24 bits per heavy atom. The smallest absolute Gasteiger partial charge is 0.419 e. The first kappa shape index (κ1) is 18.3. The van der Waals surface area contributed by atoms with E-state index >= 15 is 0 Å². The van der Waals surface area contributed by atoms with Crippen LogP contribution in [0.25, 0.3) is 0 Å². The topological polar surface area (TPSA) is 81.4 Å². The third-order valence-electron chi connectivity index (χ3n) is 3.30. The Kier molecular flexibility index (Phi) is 5.31. The summed E-state index contributed by atoms with van der Waals surface area (Å²) in [5, 5.41) is 2.49. The van der Waals surface area contributed by atoms with Crippen molar-refractivity contribution in [3.8, 4) is 5.75 Å². The molecule has 0 aliphatic carbocycles. The average Bonchev–Trinajstić information content (AvgIpc) is 2.54. The number of hydrogen-bond donors (Lipinski definition) is 2. The second kappa shape index (κ2) is 7.25. The van der Waals surface area contributed by atoms with E-state index in [-0.39, 0.29) is 5.56 Å². The largest absolute Gasteiger partial charge is 0.480 e. The molecular formula is C17H15F3N2O3. The molecule has 0 spiro atoms. The predicted molar refractivity (Wildman–Crippen MR) is 85.1 cm³/mol. The van der Waals surface area contributed by atoms with Crippen LogP contribution in [-0.4, -0.2) is 17.9 Å². The first-order chi connectivity index (χ1) is 11.7. The Labute approximate surface area is 141 Å². The van der Waals surface area contributed by atoms with E-state index in [4.69, 9.17) is 10.5 Å². The van der Waals surface area contributed by atoms with Crippen LogP contribution in [0.15, 0.2) is 48.5 Å². The summed E-state index contributed by atoms with van der Waals surface area (Å²) in [4.78, 5) is 23.1. The van der Waals surface area contributed by atoms with Crippen molar-refractivity contribution in [3.63, 3.8) is 0 Å². The van der Waals surface area contributed by atoms with E-state index in [1.54, 1.807) is 0 Å². The van der Waals surface area contributed by atoms with Gasteiger partial charge in [-0.25, -0.2) is 0 Å². The van der Waals surface area contributed by atoms with Crippen LogP contribution in [0.1, 0.15) is 22.8 Å². The fourth-order valence-corrected chi connectivity index (χ4v) is 2.01. The number of primary amides is 1. The van der Waals surface area contributed by atoms with E-state index in [1.165, 1.54) is 43.3 Å². The molecule has 1 atom stereocenters. The van der Waals surface area contributed by atoms with Gasteiger partial charge in [0.05, 0.1) is 5.56 Å². The fourth-order valence-electron chi connectivity index (χ4n) is 2.01. The van der Waals surface area contributed by atoms with Crippen LogP contribution in [0, 0.1) is 0 Å². The second-order valence-electron chi connectivity index (χ2n) is 5.18. The molecule has 25 heavy (non-hydrogen) atoms. The van der Waals surface area contributed by atoms with Gasteiger partial charge in [0.25, 0.3) is 5.91 Å². The maximum absolute atomic E-state index is 12.9. The standard InChI is InChI=1S/C17H15F3N2O3/c1-10(25-14-5-3-2-4-13(14)17(18,19)20)16(24)22-12-8-6-11(7-9-12)15(21)23/h2-10H,1H3,(H2,21,23)(H,22,24)/t10-/m1/s1. The summed E-state index contributed by atoms with van der Waals surface area (Å²) in [7, 11) is 0. The minimum atomic E-state index is -4.59. The number of nitrogens with two attached hydrogens (primary N) is 1. The minimum absolute atomic E-state index is 0.265. The van der Waals surface area contributed by atoms with Crippen LogP contribution in [0.5, 0.6) is 5.75 Å². The molecule has 8 heteroatoms. The van der Waals surface area contributed by atoms with Crippen LogP contribution in [0.2, 0.25) is 0 Å². The number of carbonyl (C=O) groups excluding carboxylic acids is 2. The van der Waals surface area contributed by atoms with E-state index in [0.717, 1.165) is 12.1 Å². The second-order valence-corrected chi connectivity index (χ2v) is 5.18. The highest BCUT2D eigenvalue weighted by atomic mass is 19.4. The van der Waals surface area contributed by atoms with E-state index in [9.17, 15) is 22.8 Å². The molecular weight excluding hydrogens is 337 g/mol. The van der Waals surface area contributed by atoms with Crippen molar-refractivity contribution in [2.75, 3.05) is 5.32 Å². The van der Waals surface area contributed by atoms with E-state index in [1.807, 2.05) is 0 Å². The average molecular weight is 352 g/mol. The number of carbonyl (C=O) groups is 2. The molecule has 2 rings (SSSR count). The number of benzene rings is 2. The number of alkyl halides is 3. The lowest BCUT2D eigenvalue weighted by molar-refractivity contribution is -0.140. The predicted octanol–water partition coefficient (Wildman–Crippen LogP) is 3.21. The van der Waals surface area contributed by atoms with Gasteiger partial charge in [-0.15, -0.1) is 0 Å². The number of ether oxygens (including phenoxy) is 1. The third-order valence-corrected chi connectivity index (χ3v) is 3.30. The van der Waals surface area contributed by atoms with Gasteiger partial charge in [-0.2, -0.15) is 13.2 Å². The van der Waals surface area contributed by atoms with Gasteiger partial charge in [-0.1, -0.05) is 12.1 Å². The summed E-state index contributed by atoms with van der Waals surface area (Å²) in [6.07, 6.45) is -5.75. The zero-order chi connectivity index (χ0) is 18.6. The van der Waals surface area contributed by atoms with Crippen molar-refractivity contribution in [1.29, 1.82) is 0 Å². The highest BCUT2D eigenvalue weighted by Crippen LogP contribution is 2.36. The quantitative estimate of drug-likeness (QED) is 0.867. The minimum Gasteiger partial charge on any atom is -0.480 e. The number of nitrogens with one attached hydrogen (secondary N) is 1. The molecule has 0 saturated heterocycles. The van der Waals surface area contributed by atoms with E-state index in [0.29, 0.717) is 5.69 Å². The summed E-state index contributed by atoms with van der Waals surface area (Å²) < 4.78 is 44.0. The van der Waals surface area contributed by atoms with E-state index in [2.05, 4.69) is 5.32 Å². The van der Waals surface area contributed by atoms with Gasteiger partial charge in [-0.3, -0.25) is 9.59 Å². The summed E-state index contributed by atoms with van der Waals surface area (Å²) in [6.45, 7) is 1.33. The molecule has 2 aromatic rings. The lowest BCUT2D eigenvalue weighted by Gasteiger charge is -2.18. The SMILES string of the molecule is C[C@@H](Oc1ccccc1C(F)(F)F)C(=O)Nc1ccc(C(N)=O)cc1. The first-order valence-electron chi connectivity index (χ1n) is 7.22. The van der Waals surface area contributed by atoms with E-state index < -0.39 is 35.4 Å². The molecule has 0 radical (unpaired) electrons. The number of para-hydroxylation sites is 1. The fraction of sp³-hybridized carbons (Fsp3) is 0.176. The van der Waals surface area contributed by atoms with Gasteiger partial charge >= 0.3 is 6.18 Å². The van der Waals surface area contributed by atoms with Crippen LogP contribution < -0.4 is 15.8 Å². The van der Waals surface area contributed by atoms with Crippen LogP contribution >= 0.6 is 0 Å². The molecule has 0 bridgehead atoms. The lowest BCUT2D eigenvalue weighted by Crippen LogP contribution is -2.30. The van der Waals surface area contributed by atoms with Gasteiger partial charge in [0, 0.05) is 11.3 Å². The molecule has 0 aliphatic heterocycles. The Morgan fingerprint density at radius 1 is 1.08 bits per heavy atom. The Bertz CT molecular complexity index is 773. The van der Waals surface area contributed by atoms with Crippen molar-refractivity contribution in [1.82, 2.24) is 0 Å². The van der Waals surface area contributed by atoms with Gasteiger partial charge in [0.2, 0.25) is 5.91 Å². The summed E-state index contributed by atoms with van der Waals surface area (Å²) in [5.74, 6) is -1.68. The molecule has 0 fully saturated rings. The molecule has 0 saturated carbocycles. The number of anilines is 1. The molecule has 0 unspecified atom stereocenters. The highest BCUT2D eigenvalue weighted by molar-refractivity contribution is 5.96. The number of rotatable bonds is 5. The Balaban J connectivity index is 2.07. The van der Waals surface area contributed by atoms with Gasteiger partial charge in [0.15, 0.2) is 6.10 Å². The summed E-state index contributed by atoms with van der Waals surface area (Å²) in [5.41, 5.74) is 4.77. The molecule has 0 heterocycles. The molecule has 2 aromatic carbocycles. The van der Waals surface area contributed by atoms with Crippen molar-refractivity contribution >= 4 is 17.5 Å². The number of halogens is 3. The van der Waals surface area contributed by atoms with Crippen molar-refractivity contribution in [3.05, 3.63) is 59.7 Å². The summed E-state index contributed by atoms with van der Waals surface area (Å²) >= 11 is 0. The molecule has 3 N–H and O–H groups in total. The zero-order valence-electron chi connectivity index (χ0n) is 13.1. The van der Waals surface area contributed by atoms with Crippen LogP contribution in [0.4, 0.5) is 18.9 Å². The number of amides is 2. The normalized spacial score (nSPS) is 12.3. The van der Waals surface area contributed by atoms with Crippen molar-refractivity contribution in [2.24, 2.45) is 5.73 Å². The van der Waals surface area contributed by atoms with Crippen LogP contribution in [0.3, 0.4) is 0 Å². The van der Waals surface area contributed by atoms with Gasteiger partial charge < -0.3 is 15.8 Å². The molecule has 5 nitrogen and oxygen atoms in total. The molecule has 0 aliphatic rings. The lowest BCUT2D eigenvalue weighted by atomic mass is 10.2. The Hall–Kier alpha value is -3.03. The van der Waals surface area contributed by atoms with Crippen molar-refractivity contribution < 1.29 is 27.5 Å². The molecule has 0 aromatic heterocycles. The maximum Gasteiger partial charge on any atom is 0.419 e. The third kappa shape index (κ3) is 4.72. The molecule has 2 amide bonds. The molecule has 132 valence electrons. The maximum atomic E-state index is 12.9. The first-order valence-corrected chi connectivity index (χ1v) is 7.22. The number of hydrogen-bond acceptors (Lipinski definition) is 3. The summed E-state index contributed by atoms with van der Waals surface area (Å²) in [6, 6.07) is 10.4. The highest BCUT2D eigenvalue weighted by Gasteiger charge is 2.34. The van der Waals surface area contributed by atoms with Crippen LogP contribution in [-0.2, 0) is 11.0 Å².